The topological polar surface area (TPSA) is 30.2 Å². The summed E-state index contributed by atoms with van der Waals surface area (Å²) < 4.78 is 2.93. The number of fused-ring (bicyclic) bond motifs is 1. The second kappa shape index (κ2) is 4.71. The summed E-state index contributed by atoms with van der Waals surface area (Å²) in [6.07, 6.45) is 2.69. The van der Waals surface area contributed by atoms with Crippen LogP contribution in [0.15, 0.2) is 47.1 Å². The van der Waals surface area contributed by atoms with E-state index in [9.17, 15) is 0 Å². The van der Waals surface area contributed by atoms with Gasteiger partial charge in [0.05, 0.1) is 4.47 Å². The summed E-state index contributed by atoms with van der Waals surface area (Å²) in [5, 5.41) is 9.14. The predicted molar refractivity (Wildman–Crippen MR) is 74.9 cm³/mol. The number of hydrogen-bond donors (Lipinski definition) is 0. The smallest absolute Gasteiger partial charge is 0.175 e. The average molecular weight is 323 g/mol. The van der Waals surface area contributed by atoms with E-state index in [0.717, 1.165) is 33.0 Å². The molecule has 0 aliphatic rings. The summed E-state index contributed by atoms with van der Waals surface area (Å²) >= 11 is 9.33. The fourth-order valence-corrected chi connectivity index (χ4v) is 2.39. The third-order valence-corrected chi connectivity index (χ3v) is 3.60. The Morgan fingerprint density at radius 3 is 2.67 bits per heavy atom. The standard InChI is InChI=1S/C13H9BrClN3/c14-11-2-1-7-18-12(16-17-13(11)18)8-9-3-5-10(15)6-4-9/h1-7H,8H2. The maximum atomic E-state index is 5.87. The number of nitrogens with zero attached hydrogens (tertiary/aromatic N) is 3. The predicted octanol–water partition coefficient (Wildman–Crippen LogP) is 3.74. The molecule has 0 unspecified atom stereocenters. The molecule has 0 N–H and O–H groups in total. The maximum absolute atomic E-state index is 5.87. The fourth-order valence-electron chi connectivity index (χ4n) is 1.84. The fraction of sp³-hybridized carbons (Fsp3) is 0.0769. The normalized spacial score (nSPS) is 11.0. The van der Waals surface area contributed by atoms with Crippen LogP contribution in [0.2, 0.25) is 5.02 Å². The molecule has 0 fully saturated rings. The number of rotatable bonds is 2. The Morgan fingerprint density at radius 1 is 1.11 bits per heavy atom. The van der Waals surface area contributed by atoms with Crippen molar-refractivity contribution in [1.82, 2.24) is 14.6 Å². The Labute approximate surface area is 118 Å². The van der Waals surface area contributed by atoms with Crippen LogP contribution in [0.3, 0.4) is 0 Å². The van der Waals surface area contributed by atoms with Gasteiger partial charge in [-0.2, -0.15) is 0 Å². The van der Waals surface area contributed by atoms with E-state index in [-0.39, 0.29) is 0 Å². The minimum atomic E-state index is 0.731. The van der Waals surface area contributed by atoms with Crippen molar-refractivity contribution in [2.75, 3.05) is 0 Å². The van der Waals surface area contributed by atoms with Crippen molar-refractivity contribution < 1.29 is 0 Å². The average Bonchev–Trinajstić information content (AvgIpc) is 2.77. The molecule has 2 heterocycles. The molecule has 3 nitrogen and oxygen atoms in total. The summed E-state index contributed by atoms with van der Waals surface area (Å²) in [5.74, 6) is 0.911. The van der Waals surface area contributed by atoms with E-state index in [1.807, 2.05) is 47.0 Å². The molecular weight excluding hydrogens is 314 g/mol. The van der Waals surface area contributed by atoms with Crippen LogP contribution in [0.25, 0.3) is 5.65 Å². The third kappa shape index (κ3) is 2.13. The van der Waals surface area contributed by atoms with Gasteiger partial charge in [-0.15, -0.1) is 10.2 Å². The number of aromatic nitrogens is 3. The molecule has 1 aromatic carbocycles. The molecule has 3 rings (SSSR count). The SMILES string of the molecule is Clc1ccc(Cc2nnc3c(Br)cccn23)cc1. The van der Waals surface area contributed by atoms with Crippen LogP contribution in [-0.2, 0) is 6.42 Å². The second-order valence-corrected chi connectivity index (χ2v) is 5.26. The lowest BCUT2D eigenvalue weighted by molar-refractivity contribution is 0.934. The van der Waals surface area contributed by atoms with Crippen molar-refractivity contribution in [3.05, 3.63) is 63.5 Å². The largest absolute Gasteiger partial charge is 0.285 e. The van der Waals surface area contributed by atoms with Gasteiger partial charge >= 0.3 is 0 Å². The van der Waals surface area contributed by atoms with E-state index in [2.05, 4.69) is 26.1 Å². The van der Waals surface area contributed by atoms with Crippen LogP contribution in [0, 0.1) is 0 Å². The van der Waals surface area contributed by atoms with Crippen LogP contribution < -0.4 is 0 Å². The Bertz CT molecular complexity index is 691. The Balaban J connectivity index is 2.00. The van der Waals surface area contributed by atoms with Crippen LogP contribution in [0.4, 0.5) is 0 Å². The van der Waals surface area contributed by atoms with E-state index in [4.69, 9.17) is 11.6 Å². The molecule has 3 aromatic rings. The van der Waals surface area contributed by atoms with Crippen LogP contribution in [-0.4, -0.2) is 14.6 Å². The highest BCUT2D eigenvalue weighted by Crippen LogP contribution is 2.18. The zero-order valence-corrected chi connectivity index (χ0v) is 11.7. The summed E-state index contributed by atoms with van der Waals surface area (Å²) in [5.41, 5.74) is 2.00. The number of benzene rings is 1. The summed E-state index contributed by atoms with van der Waals surface area (Å²) in [6, 6.07) is 11.7. The van der Waals surface area contributed by atoms with E-state index < -0.39 is 0 Å². The minimum Gasteiger partial charge on any atom is -0.285 e. The van der Waals surface area contributed by atoms with Gasteiger partial charge in [0, 0.05) is 17.6 Å². The van der Waals surface area contributed by atoms with E-state index in [0.29, 0.717) is 0 Å². The molecule has 0 spiro atoms. The number of hydrogen-bond acceptors (Lipinski definition) is 2. The first-order valence-electron chi connectivity index (χ1n) is 5.46. The van der Waals surface area contributed by atoms with E-state index in [1.54, 1.807) is 0 Å². The lowest BCUT2D eigenvalue weighted by Crippen LogP contribution is -1.96. The zero-order chi connectivity index (χ0) is 12.5. The molecule has 0 amide bonds. The lowest BCUT2D eigenvalue weighted by atomic mass is 10.1. The van der Waals surface area contributed by atoms with E-state index in [1.165, 1.54) is 0 Å². The first-order chi connectivity index (χ1) is 8.74. The van der Waals surface area contributed by atoms with Gasteiger partial charge in [-0.25, -0.2) is 0 Å². The molecular formula is C13H9BrClN3. The summed E-state index contributed by atoms with van der Waals surface area (Å²) in [6.45, 7) is 0. The first-order valence-corrected chi connectivity index (χ1v) is 6.64. The molecule has 5 heteroatoms. The van der Waals surface area contributed by atoms with Crippen molar-refractivity contribution in [3.8, 4) is 0 Å². The zero-order valence-electron chi connectivity index (χ0n) is 9.35. The number of pyridine rings is 1. The first kappa shape index (κ1) is 11.7. The van der Waals surface area contributed by atoms with Gasteiger partial charge in [0.1, 0.15) is 5.82 Å². The molecule has 0 aliphatic carbocycles. The summed E-state index contributed by atoms with van der Waals surface area (Å²) in [7, 11) is 0. The lowest BCUT2D eigenvalue weighted by Gasteiger charge is -2.01. The Kier molecular flexibility index (Phi) is 3.06. The van der Waals surface area contributed by atoms with Crippen molar-refractivity contribution in [2.45, 2.75) is 6.42 Å². The molecule has 0 saturated heterocycles. The highest BCUT2D eigenvalue weighted by atomic mass is 79.9. The Hall–Kier alpha value is -1.39. The van der Waals surface area contributed by atoms with Gasteiger partial charge in [-0.3, -0.25) is 4.40 Å². The van der Waals surface area contributed by atoms with Gasteiger partial charge in [0.25, 0.3) is 0 Å². The molecule has 0 bridgehead atoms. The summed E-state index contributed by atoms with van der Waals surface area (Å²) in [4.78, 5) is 0. The van der Waals surface area contributed by atoms with Crippen molar-refractivity contribution >= 4 is 33.2 Å². The maximum Gasteiger partial charge on any atom is 0.175 e. The highest BCUT2D eigenvalue weighted by molar-refractivity contribution is 9.10. The number of halogens is 2. The Morgan fingerprint density at radius 2 is 1.89 bits per heavy atom. The van der Waals surface area contributed by atoms with Gasteiger partial charge in [0.2, 0.25) is 0 Å². The minimum absolute atomic E-state index is 0.731. The molecule has 2 aromatic heterocycles. The molecule has 0 atom stereocenters. The van der Waals surface area contributed by atoms with Gasteiger partial charge in [-0.1, -0.05) is 23.7 Å². The molecule has 0 aliphatic heterocycles. The van der Waals surface area contributed by atoms with Crippen molar-refractivity contribution in [2.24, 2.45) is 0 Å². The van der Waals surface area contributed by atoms with Crippen molar-refractivity contribution in [3.63, 3.8) is 0 Å². The molecule has 90 valence electrons. The molecule has 18 heavy (non-hydrogen) atoms. The molecule has 0 saturated carbocycles. The van der Waals surface area contributed by atoms with Gasteiger partial charge in [0.15, 0.2) is 5.65 Å². The second-order valence-electron chi connectivity index (χ2n) is 3.97. The van der Waals surface area contributed by atoms with Crippen molar-refractivity contribution in [1.29, 1.82) is 0 Å². The van der Waals surface area contributed by atoms with Crippen LogP contribution in [0.5, 0.6) is 0 Å². The third-order valence-electron chi connectivity index (χ3n) is 2.73. The monoisotopic (exact) mass is 321 g/mol. The van der Waals surface area contributed by atoms with E-state index >= 15 is 0 Å². The van der Waals surface area contributed by atoms with Gasteiger partial charge in [-0.05, 0) is 45.8 Å². The van der Waals surface area contributed by atoms with Gasteiger partial charge < -0.3 is 0 Å². The van der Waals surface area contributed by atoms with Crippen LogP contribution >= 0.6 is 27.5 Å². The van der Waals surface area contributed by atoms with Crippen LogP contribution in [0.1, 0.15) is 11.4 Å². The highest BCUT2D eigenvalue weighted by Gasteiger charge is 2.08. The quantitative estimate of drug-likeness (QED) is 0.719. The molecule has 0 radical (unpaired) electrons.